The van der Waals surface area contributed by atoms with Crippen molar-refractivity contribution >= 4 is 11.8 Å². The van der Waals surface area contributed by atoms with Crippen LogP contribution in [0.15, 0.2) is 12.2 Å². The minimum Gasteiger partial charge on any atom is -0.469 e. The van der Waals surface area contributed by atoms with Crippen LogP contribution in [0, 0.1) is 12.3 Å². The molecule has 0 radical (unpaired) electrons. The molecule has 3 heteroatoms. The summed E-state index contributed by atoms with van der Waals surface area (Å²) in [7, 11) is 1.43. The third kappa shape index (κ3) is 14.8. The zero-order valence-corrected chi connectivity index (χ0v) is 13.9. The summed E-state index contributed by atoms with van der Waals surface area (Å²) >= 11 is 0. The summed E-state index contributed by atoms with van der Waals surface area (Å²) in [5, 5.41) is 0. The van der Waals surface area contributed by atoms with E-state index in [-0.39, 0.29) is 5.97 Å². The fourth-order valence-electron chi connectivity index (χ4n) is 2.16. The quantitative estimate of drug-likeness (QED) is 0.204. The maximum atomic E-state index is 11.5. The average Bonchev–Trinajstić information content (AvgIpc) is 2.52. The molecule has 0 saturated carbocycles. The van der Waals surface area contributed by atoms with E-state index in [0.717, 1.165) is 32.1 Å². The van der Waals surface area contributed by atoms with Crippen LogP contribution in [0.1, 0.15) is 77.0 Å². The van der Waals surface area contributed by atoms with Crippen molar-refractivity contribution in [2.75, 3.05) is 7.11 Å². The molecule has 0 heterocycles. The zero-order chi connectivity index (χ0) is 16.5. The number of esters is 1. The Balaban J connectivity index is 3.29. The first kappa shape index (κ1) is 20.4. The number of unbranched alkanes of at least 4 members (excludes halogenated alkanes) is 6. The van der Waals surface area contributed by atoms with Crippen molar-refractivity contribution in [1.29, 1.82) is 0 Å². The molecule has 0 N–H and O–H groups in total. The second kappa shape index (κ2) is 15.8. The number of methoxy groups -OCH3 is 1. The first-order chi connectivity index (χ1) is 10.7. The maximum absolute atomic E-state index is 11.5. The third-order valence-electron chi connectivity index (χ3n) is 3.51. The number of allylic oxidation sites excluding steroid dienone is 2. The monoisotopic (exact) mass is 306 g/mol. The molecule has 0 aliphatic rings. The molecule has 0 amide bonds. The van der Waals surface area contributed by atoms with Crippen LogP contribution < -0.4 is 0 Å². The number of carbonyl (C=O) groups is 2. The second-order valence-electron chi connectivity index (χ2n) is 5.49. The Morgan fingerprint density at radius 3 is 2.32 bits per heavy atom. The highest BCUT2D eigenvalue weighted by atomic mass is 16.5. The van der Waals surface area contributed by atoms with Crippen LogP contribution in [0.25, 0.3) is 0 Å². The molecule has 0 spiro atoms. The van der Waals surface area contributed by atoms with Gasteiger partial charge in [0.2, 0.25) is 0 Å². The molecule has 0 aromatic carbocycles. The number of Topliss-reactive ketones (excluding diaryl/α,β-unsaturated/α-hetero) is 1. The standard InChI is InChI=1S/C19H30O3/c1-3-4-12-15-18(20)16-13-10-8-6-5-7-9-11-14-17-19(21)22-2/h1,8,10H,4-7,9,11-17H2,2H3/b10-8-. The van der Waals surface area contributed by atoms with Crippen LogP contribution in [-0.4, -0.2) is 18.9 Å². The van der Waals surface area contributed by atoms with E-state index >= 15 is 0 Å². The number of rotatable bonds is 14. The van der Waals surface area contributed by atoms with Gasteiger partial charge in [-0.2, -0.15) is 0 Å². The number of hydrogen-bond donors (Lipinski definition) is 0. The molecule has 0 unspecified atom stereocenters. The Morgan fingerprint density at radius 1 is 0.909 bits per heavy atom. The summed E-state index contributed by atoms with van der Waals surface area (Å²) in [5.41, 5.74) is 0. The van der Waals surface area contributed by atoms with E-state index in [9.17, 15) is 9.59 Å². The largest absolute Gasteiger partial charge is 0.469 e. The van der Waals surface area contributed by atoms with Crippen molar-refractivity contribution in [2.45, 2.75) is 77.0 Å². The highest BCUT2D eigenvalue weighted by molar-refractivity contribution is 5.78. The van der Waals surface area contributed by atoms with Crippen LogP contribution in [0.4, 0.5) is 0 Å². The summed E-state index contributed by atoms with van der Waals surface area (Å²) in [6, 6.07) is 0. The van der Waals surface area contributed by atoms with Crippen molar-refractivity contribution in [3.63, 3.8) is 0 Å². The molecule has 0 bridgehead atoms. The van der Waals surface area contributed by atoms with Crippen molar-refractivity contribution in [1.82, 2.24) is 0 Å². The summed E-state index contributed by atoms with van der Waals surface area (Å²) < 4.78 is 4.60. The molecular weight excluding hydrogens is 276 g/mol. The number of carbonyl (C=O) groups excluding carboxylic acids is 2. The molecule has 124 valence electrons. The van der Waals surface area contributed by atoms with Gasteiger partial charge in [-0.1, -0.05) is 31.4 Å². The van der Waals surface area contributed by atoms with Crippen molar-refractivity contribution in [3.8, 4) is 12.3 Å². The third-order valence-corrected chi connectivity index (χ3v) is 3.51. The number of terminal acetylenes is 1. The van der Waals surface area contributed by atoms with Gasteiger partial charge in [-0.15, -0.1) is 12.3 Å². The lowest BCUT2D eigenvalue weighted by atomic mass is 10.1. The van der Waals surface area contributed by atoms with E-state index in [1.807, 2.05) is 0 Å². The van der Waals surface area contributed by atoms with Gasteiger partial charge in [0.25, 0.3) is 0 Å². The lowest BCUT2D eigenvalue weighted by Gasteiger charge is -2.00. The molecule has 3 nitrogen and oxygen atoms in total. The molecule has 0 fully saturated rings. The van der Waals surface area contributed by atoms with Crippen LogP contribution in [-0.2, 0) is 14.3 Å². The molecule has 0 saturated heterocycles. The fourth-order valence-corrected chi connectivity index (χ4v) is 2.16. The first-order valence-corrected chi connectivity index (χ1v) is 8.37. The minimum atomic E-state index is -0.114. The van der Waals surface area contributed by atoms with Gasteiger partial charge in [-0.3, -0.25) is 9.59 Å². The molecule has 0 aromatic rings. The van der Waals surface area contributed by atoms with Gasteiger partial charge in [0, 0.05) is 25.7 Å². The average molecular weight is 306 g/mol. The topological polar surface area (TPSA) is 43.4 Å². The second-order valence-corrected chi connectivity index (χ2v) is 5.49. The molecular formula is C19H30O3. The van der Waals surface area contributed by atoms with Crippen molar-refractivity contribution < 1.29 is 14.3 Å². The summed E-state index contributed by atoms with van der Waals surface area (Å²) in [4.78, 5) is 22.4. The smallest absolute Gasteiger partial charge is 0.305 e. The highest BCUT2D eigenvalue weighted by Gasteiger charge is 1.99. The van der Waals surface area contributed by atoms with Gasteiger partial charge in [-0.05, 0) is 32.1 Å². The van der Waals surface area contributed by atoms with Gasteiger partial charge in [0.05, 0.1) is 7.11 Å². The van der Waals surface area contributed by atoms with Crippen LogP contribution in [0.3, 0.4) is 0 Å². The number of hydrogen-bond acceptors (Lipinski definition) is 3. The van der Waals surface area contributed by atoms with E-state index in [4.69, 9.17) is 6.42 Å². The van der Waals surface area contributed by atoms with E-state index < -0.39 is 0 Å². The van der Waals surface area contributed by atoms with Crippen molar-refractivity contribution in [2.24, 2.45) is 0 Å². The predicted molar refractivity (Wildman–Crippen MR) is 90.4 cm³/mol. The Hall–Kier alpha value is -1.56. The van der Waals surface area contributed by atoms with Gasteiger partial charge in [0.15, 0.2) is 0 Å². The van der Waals surface area contributed by atoms with Crippen molar-refractivity contribution in [3.05, 3.63) is 12.2 Å². The molecule has 0 aliphatic heterocycles. The normalized spacial score (nSPS) is 10.5. The molecule has 22 heavy (non-hydrogen) atoms. The zero-order valence-electron chi connectivity index (χ0n) is 13.9. The van der Waals surface area contributed by atoms with E-state index in [0.29, 0.717) is 31.5 Å². The van der Waals surface area contributed by atoms with Gasteiger partial charge in [0.1, 0.15) is 5.78 Å². The molecule has 0 rings (SSSR count). The summed E-state index contributed by atoms with van der Waals surface area (Å²) in [6.07, 6.45) is 20.2. The van der Waals surface area contributed by atoms with Crippen LogP contribution >= 0.6 is 0 Å². The minimum absolute atomic E-state index is 0.114. The number of ketones is 1. The predicted octanol–water partition coefficient (Wildman–Crippen LogP) is 4.60. The number of ether oxygens (including phenoxy) is 1. The molecule has 0 aliphatic carbocycles. The van der Waals surface area contributed by atoms with Gasteiger partial charge >= 0.3 is 5.97 Å². The summed E-state index contributed by atoms with van der Waals surface area (Å²) in [5.74, 6) is 2.75. The Bertz CT molecular complexity index is 363. The van der Waals surface area contributed by atoms with E-state index in [2.05, 4.69) is 22.8 Å². The first-order valence-electron chi connectivity index (χ1n) is 8.37. The van der Waals surface area contributed by atoms with E-state index in [1.165, 1.54) is 26.4 Å². The molecule has 0 aromatic heterocycles. The summed E-state index contributed by atoms with van der Waals surface area (Å²) in [6.45, 7) is 0. The maximum Gasteiger partial charge on any atom is 0.305 e. The van der Waals surface area contributed by atoms with Gasteiger partial charge in [-0.25, -0.2) is 0 Å². The fraction of sp³-hybridized carbons (Fsp3) is 0.684. The Morgan fingerprint density at radius 2 is 1.59 bits per heavy atom. The van der Waals surface area contributed by atoms with Crippen LogP contribution in [0.5, 0.6) is 0 Å². The van der Waals surface area contributed by atoms with E-state index in [1.54, 1.807) is 0 Å². The SMILES string of the molecule is C#CCCCC(=O)CC/C=C\CCCCCCCC(=O)OC. The Labute approximate surface area is 135 Å². The van der Waals surface area contributed by atoms with Gasteiger partial charge < -0.3 is 4.74 Å². The Kier molecular flexibility index (Phi) is 14.7. The highest BCUT2D eigenvalue weighted by Crippen LogP contribution is 2.08. The lowest BCUT2D eigenvalue weighted by molar-refractivity contribution is -0.140. The lowest BCUT2D eigenvalue weighted by Crippen LogP contribution is -1.99. The van der Waals surface area contributed by atoms with Crippen LogP contribution in [0.2, 0.25) is 0 Å². The molecule has 0 atom stereocenters.